The summed E-state index contributed by atoms with van der Waals surface area (Å²) in [7, 11) is 0. The van der Waals surface area contributed by atoms with Crippen LogP contribution in [0.25, 0.3) is 21.5 Å². The van der Waals surface area contributed by atoms with Crippen molar-refractivity contribution < 1.29 is 0 Å². The van der Waals surface area contributed by atoms with Crippen molar-refractivity contribution in [2.45, 2.75) is 104 Å². The fraction of sp³-hybridized carbons (Fsp3) is 0.444. The van der Waals surface area contributed by atoms with Gasteiger partial charge < -0.3 is 0 Å². The van der Waals surface area contributed by atoms with E-state index in [-0.39, 0.29) is 21.7 Å². The molecule has 188 valence electrons. The van der Waals surface area contributed by atoms with Crippen LogP contribution in [0.15, 0.2) is 60.7 Å². The lowest BCUT2D eigenvalue weighted by atomic mass is 9.53. The highest BCUT2D eigenvalue weighted by molar-refractivity contribution is 5.95. The minimum absolute atomic E-state index is 0.0637. The molecule has 0 spiro atoms. The Morgan fingerprint density at radius 3 is 1.44 bits per heavy atom. The molecule has 0 amide bonds. The smallest absolute Gasteiger partial charge is 0.0199 e. The van der Waals surface area contributed by atoms with Crippen molar-refractivity contribution in [1.82, 2.24) is 0 Å². The maximum atomic E-state index is 2.50. The summed E-state index contributed by atoms with van der Waals surface area (Å²) in [6.45, 7) is 26.0. The standard InChI is InChI=1S/C36H44/c1-33(2,3)24-16-12-22-14-18-28(35(7,8)9)30(26(22)20-24)32-31-27-21-25(34(4,5)6)17-13-23(27)15-19-29(31)36(32,10)11/h12-21,32H,1-11H3. The van der Waals surface area contributed by atoms with Gasteiger partial charge in [-0.15, -0.1) is 0 Å². The second-order valence-electron chi connectivity index (χ2n) is 14.8. The van der Waals surface area contributed by atoms with E-state index in [2.05, 4.69) is 137 Å². The van der Waals surface area contributed by atoms with E-state index >= 15 is 0 Å². The molecule has 0 bridgehead atoms. The van der Waals surface area contributed by atoms with Gasteiger partial charge in [-0.05, 0) is 71.2 Å². The van der Waals surface area contributed by atoms with Crippen LogP contribution in [0.5, 0.6) is 0 Å². The van der Waals surface area contributed by atoms with Crippen LogP contribution >= 0.6 is 0 Å². The molecule has 0 aliphatic heterocycles. The Kier molecular flexibility index (Phi) is 5.36. The Morgan fingerprint density at radius 2 is 0.972 bits per heavy atom. The molecule has 0 nitrogen and oxygen atoms in total. The van der Waals surface area contributed by atoms with E-state index in [0.29, 0.717) is 5.92 Å². The second kappa shape index (κ2) is 7.70. The van der Waals surface area contributed by atoms with Crippen molar-refractivity contribution in [2.75, 3.05) is 0 Å². The molecule has 0 fully saturated rings. The first-order valence-corrected chi connectivity index (χ1v) is 13.7. The average molecular weight is 477 g/mol. The molecule has 0 saturated carbocycles. The summed E-state index contributed by atoms with van der Waals surface area (Å²) >= 11 is 0. The van der Waals surface area contributed by atoms with Gasteiger partial charge in [-0.25, -0.2) is 0 Å². The van der Waals surface area contributed by atoms with Crippen LogP contribution in [-0.2, 0) is 21.7 Å². The third kappa shape index (κ3) is 3.80. The monoisotopic (exact) mass is 476 g/mol. The first kappa shape index (κ1) is 25.1. The topological polar surface area (TPSA) is 0 Å². The fourth-order valence-electron chi connectivity index (χ4n) is 6.40. The summed E-state index contributed by atoms with van der Waals surface area (Å²) in [6.07, 6.45) is 0. The summed E-state index contributed by atoms with van der Waals surface area (Å²) in [5, 5.41) is 5.58. The number of hydrogen-bond acceptors (Lipinski definition) is 0. The molecule has 1 atom stereocenters. The molecule has 0 heteroatoms. The van der Waals surface area contributed by atoms with E-state index in [9.17, 15) is 0 Å². The Morgan fingerprint density at radius 1 is 0.528 bits per heavy atom. The van der Waals surface area contributed by atoms with Crippen LogP contribution in [0.3, 0.4) is 0 Å². The predicted octanol–water partition coefficient (Wildman–Crippen LogP) is 10.3. The van der Waals surface area contributed by atoms with Crippen molar-refractivity contribution in [1.29, 1.82) is 0 Å². The Hall–Kier alpha value is -2.60. The molecule has 4 aromatic carbocycles. The molecule has 0 radical (unpaired) electrons. The highest BCUT2D eigenvalue weighted by atomic mass is 14.5. The zero-order chi connectivity index (χ0) is 26.4. The second-order valence-corrected chi connectivity index (χ2v) is 14.8. The summed E-state index contributed by atoms with van der Waals surface area (Å²) < 4.78 is 0. The molecular formula is C36H44. The van der Waals surface area contributed by atoms with Crippen LogP contribution in [0.1, 0.15) is 115 Å². The van der Waals surface area contributed by atoms with Gasteiger partial charge in [0, 0.05) is 11.3 Å². The van der Waals surface area contributed by atoms with E-state index in [4.69, 9.17) is 0 Å². The molecule has 0 heterocycles. The molecule has 0 aromatic heterocycles. The summed E-state index contributed by atoms with van der Waals surface area (Å²) in [5.74, 6) is 0.361. The maximum Gasteiger partial charge on any atom is 0.0199 e. The molecule has 0 saturated heterocycles. The number of fused-ring (bicyclic) bond motifs is 4. The molecule has 0 N–H and O–H groups in total. The van der Waals surface area contributed by atoms with E-state index in [1.54, 1.807) is 5.56 Å². The molecule has 36 heavy (non-hydrogen) atoms. The first-order chi connectivity index (χ1) is 16.5. The summed E-state index contributed by atoms with van der Waals surface area (Å²) in [4.78, 5) is 0. The van der Waals surface area contributed by atoms with Crippen molar-refractivity contribution >= 4 is 21.5 Å². The summed E-state index contributed by atoms with van der Waals surface area (Å²) in [6, 6.07) is 23.8. The van der Waals surface area contributed by atoms with Gasteiger partial charge in [0.05, 0.1) is 0 Å². The molecule has 5 rings (SSSR count). The van der Waals surface area contributed by atoms with Gasteiger partial charge in [0.1, 0.15) is 0 Å². The third-order valence-electron chi connectivity index (χ3n) is 8.66. The first-order valence-electron chi connectivity index (χ1n) is 13.7. The van der Waals surface area contributed by atoms with Crippen LogP contribution in [0.2, 0.25) is 0 Å². The largest absolute Gasteiger partial charge is 0.0579 e. The fourth-order valence-corrected chi connectivity index (χ4v) is 6.40. The van der Waals surface area contributed by atoms with Gasteiger partial charge in [-0.3, -0.25) is 0 Å². The highest BCUT2D eigenvalue weighted by Crippen LogP contribution is 2.59. The lowest BCUT2D eigenvalue weighted by molar-refractivity contribution is 0.392. The lowest BCUT2D eigenvalue weighted by Crippen LogP contribution is -2.40. The third-order valence-corrected chi connectivity index (χ3v) is 8.66. The molecule has 1 aliphatic rings. The van der Waals surface area contributed by atoms with Crippen molar-refractivity contribution in [3.8, 4) is 0 Å². The number of rotatable bonds is 1. The predicted molar refractivity (Wildman–Crippen MR) is 159 cm³/mol. The van der Waals surface area contributed by atoms with Crippen molar-refractivity contribution in [2.24, 2.45) is 0 Å². The molecule has 1 unspecified atom stereocenters. The van der Waals surface area contributed by atoms with E-state index in [0.717, 1.165) is 0 Å². The number of benzene rings is 4. The zero-order valence-corrected chi connectivity index (χ0v) is 24.4. The molecule has 1 aliphatic carbocycles. The SMILES string of the molecule is CC(C)(C)c1ccc2ccc(C(C)(C)C)c(C3c4c(ccc5ccc(C(C)(C)C)cc45)C3(C)C)c2c1. The normalized spacial score (nSPS) is 17.8. The lowest BCUT2D eigenvalue weighted by Gasteiger charge is -2.50. The van der Waals surface area contributed by atoms with Crippen LogP contribution < -0.4 is 0 Å². The van der Waals surface area contributed by atoms with Gasteiger partial charge in [-0.1, -0.05) is 137 Å². The Bertz CT molecular complexity index is 1480. The van der Waals surface area contributed by atoms with Crippen LogP contribution in [-0.4, -0.2) is 0 Å². The van der Waals surface area contributed by atoms with Crippen molar-refractivity contribution in [3.05, 3.63) is 94.0 Å². The van der Waals surface area contributed by atoms with Gasteiger partial charge in [0.15, 0.2) is 0 Å². The van der Waals surface area contributed by atoms with Gasteiger partial charge in [-0.2, -0.15) is 0 Å². The van der Waals surface area contributed by atoms with Crippen LogP contribution in [0, 0.1) is 0 Å². The van der Waals surface area contributed by atoms with E-state index < -0.39 is 0 Å². The molecule has 4 aromatic rings. The Labute approximate surface area is 219 Å². The highest BCUT2D eigenvalue weighted by Gasteiger charge is 2.48. The minimum Gasteiger partial charge on any atom is -0.0579 e. The van der Waals surface area contributed by atoms with Crippen molar-refractivity contribution in [3.63, 3.8) is 0 Å². The van der Waals surface area contributed by atoms with E-state index in [1.807, 2.05) is 0 Å². The van der Waals surface area contributed by atoms with Crippen LogP contribution in [0.4, 0.5) is 0 Å². The zero-order valence-electron chi connectivity index (χ0n) is 24.4. The Balaban J connectivity index is 1.89. The average Bonchev–Trinajstić information content (AvgIpc) is 2.76. The maximum absolute atomic E-state index is 2.50. The summed E-state index contributed by atoms with van der Waals surface area (Å²) in [5.41, 5.74) is 9.28. The van der Waals surface area contributed by atoms with Gasteiger partial charge in [0.25, 0.3) is 0 Å². The quantitative estimate of drug-likeness (QED) is 0.256. The minimum atomic E-state index is 0.0637. The number of hydrogen-bond donors (Lipinski definition) is 0. The van der Waals surface area contributed by atoms with Gasteiger partial charge >= 0.3 is 0 Å². The van der Waals surface area contributed by atoms with E-state index in [1.165, 1.54) is 49.4 Å². The van der Waals surface area contributed by atoms with Gasteiger partial charge in [0.2, 0.25) is 0 Å². The molecular weight excluding hydrogens is 432 g/mol.